The van der Waals surface area contributed by atoms with Gasteiger partial charge in [-0.2, -0.15) is 0 Å². The van der Waals surface area contributed by atoms with Crippen LogP contribution in [0.3, 0.4) is 0 Å². The van der Waals surface area contributed by atoms with Crippen LogP contribution in [0.4, 0.5) is 5.69 Å². The fourth-order valence-electron chi connectivity index (χ4n) is 6.18. The fourth-order valence-corrected chi connectivity index (χ4v) is 7.49. The van der Waals surface area contributed by atoms with Crippen LogP contribution in [0.25, 0.3) is 0 Å². The lowest BCUT2D eigenvalue weighted by molar-refractivity contribution is 0.0133. The molecule has 1 aromatic rings. The Bertz CT molecular complexity index is 1200. The van der Waals surface area contributed by atoms with Crippen LogP contribution >= 0.6 is 11.6 Å². The highest BCUT2D eigenvalue weighted by Gasteiger charge is 2.38. The Kier molecular flexibility index (Phi) is 11.7. The molecule has 4 rings (SSSR count). The lowest BCUT2D eigenvalue weighted by Crippen LogP contribution is -2.44. The lowest BCUT2D eigenvalue weighted by Gasteiger charge is -2.43. The Balaban J connectivity index is 1.66. The summed E-state index contributed by atoms with van der Waals surface area (Å²) in [6.07, 6.45) is 16.0. The van der Waals surface area contributed by atoms with Gasteiger partial charge in [0.1, 0.15) is 16.7 Å². The first kappa shape index (κ1) is 31.6. The van der Waals surface area contributed by atoms with Crippen molar-refractivity contribution in [3.63, 3.8) is 0 Å². The van der Waals surface area contributed by atoms with Gasteiger partial charge in [-0.05, 0) is 80.2 Å². The maximum atomic E-state index is 13.1. The van der Waals surface area contributed by atoms with Crippen molar-refractivity contribution in [2.45, 2.75) is 58.5 Å². The third kappa shape index (κ3) is 8.59. The van der Waals surface area contributed by atoms with Gasteiger partial charge in [-0.25, -0.2) is 4.21 Å². The second kappa shape index (κ2) is 15.2. The normalized spacial score (nSPS) is 30.2. The predicted molar refractivity (Wildman–Crippen MR) is 170 cm³/mol. The zero-order chi connectivity index (χ0) is 29.4. The first-order valence-electron chi connectivity index (χ1n) is 14.9. The van der Waals surface area contributed by atoms with Gasteiger partial charge >= 0.3 is 0 Å². The van der Waals surface area contributed by atoms with E-state index >= 15 is 0 Å². The van der Waals surface area contributed by atoms with Crippen LogP contribution in [0.5, 0.6) is 5.75 Å². The summed E-state index contributed by atoms with van der Waals surface area (Å²) >= 11 is 6.44. The van der Waals surface area contributed by atoms with E-state index in [1.165, 1.54) is 5.57 Å². The maximum Gasteiger partial charge on any atom is 0.263 e. The summed E-state index contributed by atoms with van der Waals surface area (Å²) in [7, 11) is 0.335. The van der Waals surface area contributed by atoms with E-state index in [4.69, 9.17) is 21.1 Å². The van der Waals surface area contributed by atoms with Crippen LogP contribution in [0.2, 0.25) is 0 Å². The minimum absolute atomic E-state index is 0.0572. The van der Waals surface area contributed by atoms with Crippen molar-refractivity contribution in [1.82, 2.24) is 4.72 Å². The lowest BCUT2D eigenvalue weighted by atomic mass is 9.70. The summed E-state index contributed by atoms with van der Waals surface area (Å²) in [4.78, 5) is 15.5. The highest BCUT2D eigenvalue weighted by atomic mass is 35.5. The number of benzene rings is 1. The third-order valence-corrected chi connectivity index (χ3v) is 9.91. The van der Waals surface area contributed by atoms with E-state index in [1.807, 2.05) is 18.2 Å². The van der Waals surface area contributed by atoms with E-state index < -0.39 is 11.0 Å². The Morgan fingerprint density at radius 3 is 2.85 bits per heavy atom. The zero-order valence-corrected chi connectivity index (χ0v) is 26.2. The van der Waals surface area contributed by atoms with Crippen molar-refractivity contribution in [2.24, 2.45) is 23.7 Å². The number of allylic oxidation sites excluding steroid dienone is 6. The van der Waals surface area contributed by atoms with Gasteiger partial charge in [0.2, 0.25) is 0 Å². The van der Waals surface area contributed by atoms with Crippen LogP contribution in [-0.2, 0) is 15.7 Å². The molecule has 3 aliphatic rings. The van der Waals surface area contributed by atoms with Crippen LogP contribution in [0, 0.1) is 23.7 Å². The molecule has 1 fully saturated rings. The molecular formula is C33H45ClN2O4S. The van der Waals surface area contributed by atoms with E-state index in [9.17, 15) is 9.00 Å². The van der Waals surface area contributed by atoms with Crippen molar-refractivity contribution >= 4 is 34.2 Å². The molecule has 0 aromatic heterocycles. The molecule has 0 spiro atoms. The number of amides is 1. The van der Waals surface area contributed by atoms with Gasteiger partial charge in [-0.3, -0.25) is 9.52 Å². The SMILES string of the molecule is C=C/C=C(Cl)\C=C(\CCC)C[C@@H]1COc2ccc3cc2N(CC2CCC2C(OC)/C=C/CC(C)CS(=O)NC3=O)C1. The Labute approximate surface area is 253 Å². The van der Waals surface area contributed by atoms with Crippen LogP contribution in [0.15, 0.2) is 65.8 Å². The van der Waals surface area contributed by atoms with E-state index in [0.29, 0.717) is 34.8 Å². The van der Waals surface area contributed by atoms with Crippen molar-refractivity contribution in [1.29, 1.82) is 0 Å². The average Bonchev–Trinajstić information content (AvgIpc) is 3.08. The Hall–Kier alpha value is -2.35. The molecule has 8 heteroatoms. The number of carbonyl (C=O) groups is 1. The number of ether oxygens (including phenoxy) is 2. The molecule has 5 unspecified atom stereocenters. The number of hydrogen-bond donors (Lipinski definition) is 1. The number of fused-ring (bicyclic) bond motifs is 2. The monoisotopic (exact) mass is 600 g/mol. The molecule has 1 amide bonds. The highest BCUT2D eigenvalue weighted by molar-refractivity contribution is 7.83. The van der Waals surface area contributed by atoms with Crippen LogP contribution < -0.4 is 14.4 Å². The molecule has 6 nitrogen and oxygen atoms in total. The van der Waals surface area contributed by atoms with Gasteiger partial charge in [0, 0.05) is 42.5 Å². The summed E-state index contributed by atoms with van der Waals surface area (Å²) in [6, 6.07) is 5.57. The second-order valence-electron chi connectivity index (χ2n) is 11.7. The molecule has 0 saturated heterocycles. The first-order chi connectivity index (χ1) is 19.8. The zero-order valence-electron chi connectivity index (χ0n) is 24.7. The van der Waals surface area contributed by atoms with E-state index in [-0.39, 0.29) is 23.8 Å². The number of halogens is 1. The molecular weight excluding hydrogens is 556 g/mol. The molecule has 224 valence electrons. The van der Waals surface area contributed by atoms with Gasteiger partial charge < -0.3 is 14.4 Å². The third-order valence-electron chi connectivity index (χ3n) is 8.39. The number of carbonyl (C=O) groups excluding carboxylic acids is 1. The topological polar surface area (TPSA) is 67.9 Å². The summed E-state index contributed by atoms with van der Waals surface area (Å²) in [5.41, 5.74) is 2.72. The van der Waals surface area contributed by atoms with Crippen LogP contribution in [0.1, 0.15) is 62.7 Å². The molecule has 2 aliphatic heterocycles. The number of nitrogens with zero attached hydrogens (tertiary/aromatic N) is 1. The van der Waals surface area contributed by atoms with E-state index in [2.05, 4.69) is 48.3 Å². The van der Waals surface area contributed by atoms with Gasteiger partial charge in [0.15, 0.2) is 0 Å². The second-order valence-corrected chi connectivity index (χ2v) is 13.4. The van der Waals surface area contributed by atoms with Crippen molar-refractivity contribution < 1.29 is 18.5 Å². The molecule has 6 atom stereocenters. The highest BCUT2D eigenvalue weighted by Crippen LogP contribution is 2.42. The number of nitrogens with one attached hydrogen (secondary N) is 1. The molecule has 1 aliphatic carbocycles. The number of methoxy groups -OCH3 is 1. The molecule has 0 radical (unpaired) electrons. The van der Waals surface area contributed by atoms with Gasteiger partial charge in [-0.15, -0.1) is 0 Å². The molecule has 1 saturated carbocycles. The standard InChI is InChI=1S/C33H45ClN2O4S/c1-5-8-24(17-28(34)9-6-2)16-25-19-36-20-27-12-14-29(27)31(39-4)11-7-10-23(3)22-41(38)35-33(37)26-13-15-32(40-21-25)30(36)18-26/h6-7,9,11,13,15,17-18,23,25,27,29,31H,2,5,8,10,12,14,16,19-22H2,1,3-4H3,(H,35,37)/b11-7+,24-17-,28-9+/t23?,25-,27?,29?,31?,41?/m0/s1. The number of hydrogen-bond acceptors (Lipinski definition) is 5. The average molecular weight is 601 g/mol. The predicted octanol–water partition coefficient (Wildman–Crippen LogP) is 6.96. The van der Waals surface area contributed by atoms with Crippen LogP contribution in [-0.4, -0.2) is 48.8 Å². The summed E-state index contributed by atoms with van der Waals surface area (Å²) in [5, 5.41) is 0.685. The first-order valence-corrected chi connectivity index (χ1v) is 16.6. The maximum absolute atomic E-state index is 13.1. The van der Waals surface area contributed by atoms with Crippen molar-refractivity contribution in [3.05, 3.63) is 71.3 Å². The molecule has 1 aromatic carbocycles. The van der Waals surface area contributed by atoms with Gasteiger partial charge in [-0.1, -0.05) is 62.2 Å². The van der Waals surface area contributed by atoms with Gasteiger partial charge in [0.25, 0.3) is 5.91 Å². The van der Waals surface area contributed by atoms with E-state index in [1.54, 1.807) is 19.3 Å². The molecule has 41 heavy (non-hydrogen) atoms. The molecule has 2 bridgehead atoms. The quantitative estimate of drug-likeness (QED) is 0.271. The molecule has 2 heterocycles. The summed E-state index contributed by atoms with van der Waals surface area (Å²) in [5.74, 6) is 2.20. The number of anilines is 1. The summed E-state index contributed by atoms with van der Waals surface area (Å²) < 4.78 is 27.8. The minimum Gasteiger partial charge on any atom is -0.491 e. The fraction of sp³-hybridized carbons (Fsp3) is 0.545. The minimum atomic E-state index is -1.46. The Morgan fingerprint density at radius 2 is 2.15 bits per heavy atom. The van der Waals surface area contributed by atoms with E-state index in [0.717, 1.165) is 63.1 Å². The largest absolute Gasteiger partial charge is 0.491 e. The summed E-state index contributed by atoms with van der Waals surface area (Å²) in [6.45, 7) is 10.3. The van der Waals surface area contributed by atoms with Crippen molar-refractivity contribution in [2.75, 3.05) is 37.5 Å². The van der Waals surface area contributed by atoms with Crippen molar-refractivity contribution in [3.8, 4) is 5.75 Å². The molecule has 1 N–H and O–H groups in total. The Morgan fingerprint density at radius 1 is 1.32 bits per heavy atom. The smallest absolute Gasteiger partial charge is 0.263 e. The van der Waals surface area contributed by atoms with Gasteiger partial charge in [0.05, 0.1) is 18.4 Å². The number of rotatable bonds is 7.